The molecule has 0 spiro atoms. The Kier molecular flexibility index (Phi) is 8.02. The van der Waals surface area contributed by atoms with Crippen LogP contribution in [0.15, 0.2) is 103 Å². The van der Waals surface area contributed by atoms with Gasteiger partial charge in [-0.3, -0.25) is 19.8 Å². The molecule has 2 aromatic heterocycles. The van der Waals surface area contributed by atoms with E-state index in [4.69, 9.17) is 9.72 Å². The molecule has 3 heterocycles. The van der Waals surface area contributed by atoms with E-state index in [0.29, 0.717) is 26.2 Å². The lowest BCUT2D eigenvalue weighted by atomic mass is 10.1. The number of pyridine rings is 1. The van der Waals surface area contributed by atoms with Gasteiger partial charge in [-0.15, -0.1) is 0 Å². The number of benzene rings is 3. The van der Waals surface area contributed by atoms with Gasteiger partial charge in [0.25, 0.3) is 5.69 Å². The molecule has 1 aliphatic rings. The van der Waals surface area contributed by atoms with Crippen molar-refractivity contribution >= 4 is 17.2 Å². The summed E-state index contributed by atoms with van der Waals surface area (Å²) in [6, 6.07) is 30.5. The number of piperazine rings is 1. The number of amides is 1. The van der Waals surface area contributed by atoms with Crippen molar-refractivity contribution in [2.75, 3.05) is 32.8 Å². The van der Waals surface area contributed by atoms with Crippen molar-refractivity contribution in [2.24, 2.45) is 0 Å². The van der Waals surface area contributed by atoms with Gasteiger partial charge in [-0.2, -0.15) is 0 Å². The van der Waals surface area contributed by atoms with E-state index >= 15 is 0 Å². The summed E-state index contributed by atoms with van der Waals surface area (Å²) in [6.07, 6.45) is 2.01. The lowest BCUT2D eigenvalue weighted by Crippen LogP contribution is -2.49. The van der Waals surface area contributed by atoms with Crippen molar-refractivity contribution < 1.29 is 14.5 Å². The molecule has 0 atom stereocenters. The van der Waals surface area contributed by atoms with Crippen LogP contribution in [0.3, 0.4) is 0 Å². The molecule has 1 aliphatic heterocycles. The highest BCUT2D eigenvalue weighted by molar-refractivity contribution is 5.77. The fraction of sp³-hybridized carbons (Fsp3) is 0.212. The Bertz CT molecular complexity index is 1700. The molecule has 9 heteroatoms. The van der Waals surface area contributed by atoms with Crippen molar-refractivity contribution in [2.45, 2.75) is 13.2 Å². The number of ether oxygens (including phenoxy) is 1. The summed E-state index contributed by atoms with van der Waals surface area (Å²) in [5, 5.41) is 11.4. The van der Waals surface area contributed by atoms with Gasteiger partial charge in [0.05, 0.1) is 22.9 Å². The Morgan fingerprint density at radius 1 is 0.833 bits per heavy atom. The number of carbonyl (C=O) groups excluding carboxylic acids is 1. The first-order valence-electron chi connectivity index (χ1n) is 14.0. The second-order valence-electron chi connectivity index (χ2n) is 10.4. The third-order valence-electron chi connectivity index (χ3n) is 7.59. The summed E-state index contributed by atoms with van der Waals surface area (Å²) in [7, 11) is 0. The molecule has 1 amide bonds. The normalized spacial score (nSPS) is 13.9. The summed E-state index contributed by atoms with van der Waals surface area (Å²) < 4.78 is 7.76. The van der Waals surface area contributed by atoms with Crippen molar-refractivity contribution in [1.82, 2.24) is 19.2 Å². The van der Waals surface area contributed by atoms with Gasteiger partial charge in [0.15, 0.2) is 0 Å². The predicted octanol–water partition coefficient (Wildman–Crippen LogP) is 5.44. The summed E-state index contributed by atoms with van der Waals surface area (Å²) >= 11 is 0. The molecule has 6 rings (SSSR count). The highest BCUT2D eigenvalue weighted by Crippen LogP contribution is 2.29. The second kappa shape index (κ2) is 12.3. The molecule has 1 saturated heterocycles. The first kappa shape index (κ1) is 27.3. The molecule has 1 fully saturated rings. The minimum atomic E-state index is -0.377. The number of fused-ring (bicyclic) bond motifs is 1. The molecular weight excluding hydrogens is 530 g/mol. The number of nitro benzene ring substituents is 1. The lowest BCUT2D eigenvalue weighted by molar-refractivity contribution is -0.384. The van der Waals surface area contributed by atoms with E-state index in [2.05, 4.69) is 21.4 Å². The van der Waals surface area contributed by atoms with E-state index in [-0.39, 0.29) is 23.1 Å². The molecule has 3 aromatic carbocycles. The van der Waals surface area contributed by atoms with E-state index < -0.39 is 0 Å². The Balaban J connectivity index is 1.20. The van der Waals surface area contributed by atoms with Gasteiger partial charge < -0.3 is 14.0 Å². The number of carbonyl (C=O) groups is 1. The molecule has 0 N–H and O–H groups in total. The summed E-state index contributed by atoms with van der Waals surface area (Å²) in [6.45, 7) is 3.86. The van der Waals surface area contributed by atoms with Gasteiger partial charge in [0.1, 0.15) is 12.3 Å². The van der Waals surface area contributed by atoms with E-state index in [0.717, 1.165) is 52.4 Å². The number of imidazole rings is 1. The van der Waals surface area contributed by atoms with Gasteiger partial charge in [-0.1, -0.05) is 72.8 Å². The van der Waals surface area contributed by atoms with E-state index in [1.807, 2.05) is 77.8 Å². The molecule has 42 heavy (non-hydrogen) atoms. The van der Waals surface area contributed by atoms with Crippen LogP contribution in [0.4, 0.5) is 5.69 Å². The third kappa shape index (κ3) is 6.07. The zero-order chi connectivity index (χ0) is 28.9. The minimum Gasteiger partial charge on any atom is -0.367 e. The zero-order valence-electron chi connectivity index (χ0n) is 23.1. The molecule has 0 bridgehead atoms. The number of nitrogens with zero attached hydrogens (tertiary/aromatic N) is 5. The Morgan fingerprint density at radius 3 is 2.29 bits per heavy atom. The number of hydrogen-bond acceptors (Lipinski definition) is 6. The van der Waals surface area contributed by atoms with Gasteiger partial charge in [-0.05, 0) is 28.8 Å². The summed E-state index contributed by atoms with van der Waals surface area (Å²) in [4.78, 5) is 33.0. The molecule has 0 saturated carbocycles. The van der Waals surface area contributed by atoms with Crippen molar-refractivity contribution in [3.63, 3.8) is 0 Å². The number of aromatic nitrogens is 2. The Labute approximate surface area is 243 Å². The van der Waals surface area contributed by atoms with Crippen LogP contribution in [0.1, 0.15) is 11.3 Å². The number of nitro groups is 1. The number of rotatable bonds is 9. The molecule has 0 unspecified atom stereocenters. The maximum absolute atomic E-state index is 12.8. The lowest BCUT2D eigenvalue weighted by Gasteiger charge is -2.34. The van der Waals surface area contributed by atoms with Gasteiger partial charge in [0, 0.05) is 56.6 Å². The van der Waals surface area contributed by atoms with E-state index in [9.17, 15) is 14.9 Å². The SMILES string of the molecule is O=C(COCc1ccccc1)N1CCN(Cc2c(-c3ccccc3)nc3ccc(-c4cccc([N+](=O)[O-])c4)cn23)CC1. The monoisotopic (exact) mass is 561 g/mol. The van der Waals surface area contributed by atoms with Crippen LogP contribution in [-0.4, -0.2) is 62.8 Å². The summed E-state index contributed by atoms with van der Waals surface area (Å²) in [5.74, 6) is 0.00644. The fourth-order valence-electron chi connectivity index (χ4n) is 5.33. The molecular formula is C33H31N5O4. The predicted molar refractivity (Wildman–Crippen MR) is 161 cm³/mol. The maximum atomic E-state index is 12.8. The topological polar surface area (TPSA) is 93.2 Å². The van der Waals surface area contributed by atoms with Crippen LogP contribution in [0.5, 0.6) is 0 Å². The van der Waals surface area contributed by atoms with Crippen molar-refractivity contribution in [3.8, 4) is 22.4 Å². The summed E-state index contributed by atoms with van der Waals surface area (Å²) in [5.41, 5.74) is 6.52. The van der Waals surface area contributed by atoms with Gasteiger partial charge in [-0.25, -0.2) is 4.98 Å². The van der Waals surface area contributed by atoms with E-state index in [1.54, 1.807) is 12.1 Å². The smallest absolute Gasteiger partial charge is 0.270 e. The quantitative estimate of drug-likeness (QED) is 0.176. The van der Waals surface area contributed by atoms with Crippen LogP contribution in [0.2, 0.25) is 0 Å². The third-order valence-corrected chi connectivity index (χ3v) is 7.59. The Hall–Kier alpha value is -4.86. The van der Waals surface area contributed by atoms with Crippen LogP contribution in [-0.2, 0) is 22.7 Å². The van der Waals surface area contributed by atoms with E-state index in [1.165, 1.54) is 6.07 Å². The van der Waals surface area contributed by atoms with Gasteiger partial charge >= 0.3 is 0 Å². The van der Waals surface area contributed by atoms with Crippen molar-refractivity contribution in [1.29, 1.82) is 0 Å². The van der Waals surface area contributed by atoms with Crippen LogP contribution < -0.4 is 0 Å². The fourth-order valence-corrected chi connectivity index (χ4v) is 5.33. The number of hydrogen-bond donors (Lipinski definition) is 0. The average Bonchev–Trinajstić information content (AvgIpc) is 3.39. The maximum Gasteiger partial charge on any atom is 0.270 e. The molecule has 5 aromatic rings. The minimum absolute atomic E-state index is 0.00644. The first-order valence-corrected chi connectivity index (χ1v) is 14.0. The van der Waals surface area contributed by atoms with Crippen LogP contribution >= 0.6 is 0 Å². The highest BCUT2D eigenvalue weighted by Gasteiger charge is 2.24. The molecule has 0 aliphatic carbocycles. The molecule has 0 radical (unpaired) electrons. The second-order valence-corrected chi connectivity index (χ2v) is 10.4. The molecule has 9 nitrogen and oxygen atoms in total. The van der Waals surface area contributed by atoms with Gasteiger partial charge in [0.2, 0.25) is 5.91 Å². The first-order chi connectivity index (χ1) is 20.5. The van der Waals surface area contributed by atoms with Crippen LogP contribution in [0, 0.1) is 10.1 Å². The Morgan fingerprint density at radius 2 is 1.55 bits per heavy atom. The molecule has 212 valence electrons. The average molecular weight is 562 g/mol. The standard InChI is InChI=1S/C33H31N5O4/c39-32(24-42-23-25-8-3-1-4-9-25)36-18-16-35(17-19-36)22-30-33(26-10-5-2-6-11-26)34-31-15-14-28(21-37(30)31)27-12-7-13-29(20-27)38(40)41/h1-15,20-21H,16-19,22-24H2. The number of non-ortho nitro benzene ring substituents is 1. The zero-order valence-corrected chi connectivity index (χ0v) is 23.1. The van der Waals surface area contributed by atoms with Crippen LogP contribution in [0.25, 0.3) is 28.0 Å². The largest absolute Gasteiger partial charge is 0.367 e. The van der Waals surface area contributed by atoms with Crippen molar-refractivity contribution in [3.05, 3.63) is 125 Å². The highest BCUT2D eigenvalue weighted by atomic mass is 16.6.